The van der Waals surface area contributed by atoms with E-state index in [1.807, 2.05) is 13.0 Å². The molecule has 0 atom stereocenters. The predicted molar refractivity (Wildman–Crippen MR) is 76.4 cm³/mol. The summed E-state index contributed by atoms with van der Waals surface area (Å²) >= 11 is 0. The summed E-state index contributed by atoms with van der Waals surface area (Å²) in [5, 5.41) is 0. The van der Waals surface area contributed by atoms with Crippen LogP contribution in [0, 0.1) is 0 Å². The average molecular weight is 282 g/mol. The third-order valence-corrected chi connectivity index (χ3v) is 5.23. The molecule has 0 radical (unpaired) electrons. The van der Waals surface area contributed by atoms with Gasteiger partial charge < -0.3 is 5.73 Å². The van der Waals surface area contributed by atoms with Crippen LogP contribution in [-0.2, 0) is 16.4 Å². The molecule has 19 heavy (non-hydrogen) atoms. The van der Waals surface area contributed by atoms with Crippen molar-refractivity contribution in [3.63, 3.8) is 0 Å². The molecule has 0 bridgehead atoms. The molecule has 2 rings (SSSR count). The van der Waals surface area contributed by atoms with E-state index in [-0.39, 0.29) is 12.1 Å². The zero-order valence-corrected chi connectivity index (χ0v) is 12.1. The molecule has 0 saturated heterocycles. The first-order chi connectivity index (χ1) is 9.01. The van der Waals surface area contributed by atoms with Gasteiger partial charge in [-0.05, 0) is 49.8 Å². The molecule has 1 aliphatic rings. The Bertz CT molecular complexity index is 520. The Hall–Kier alpha value is -0.910. The molecular weight excluding hydrogens is 260 g/mol. The van der Waals surface area contributed by atoms with E-state index >= 15 is 0 Å². The molecule has 0 amide bonds. The molecule has 0 unspecified atom stereocenters. The zero-order chi connectivity index (χ0) is 13.9. The van der Waals surface area contributed by atoms with Gasteiger partial charge in [-0.1, -0.05) is 19.1 Å². The van der Waals surface area contributed by atoms with Crippen LogP contribution in [0.3, 0.4) is 0 Å². The van der Waals surface area contributed by atoms with Crippen molar-refractivity contribution in [1.82, 2.24) is 4.72 Å². The summed E-state index contributed by atoms with van der Waals surface area (Å²) in [6, 6.07) is 7.38. The highest BCUT2D eigenvalue weighted by atomic mass is 32.2. The van der Waals surface area contributed by atoms with Crippen molar-refractivity contribution in [2.45, 2.75) is 56.0 Å². The van der Waals surface area contributed by atoms with Crippen LogP contribution >= 0.6 is 0 Å². The Balaban J connectivity index is 2.09. The summed E-state index contributed by atoms with van der Waals surface area (Å²) in [5.41, 5.74) is 6.87. The van der Waals surface area contributed by atoms with Crippen molar-refractivity contribution in [3.05, 3.63) is 29.8 Å². The molecular formula is C14H22N2O2S. The number of hydrogen-bond acceptors (Lipinski definition) is 3. The summed E-state index contributed by atoms with van der Waals surface area (Å²) in [6.45, 7) is 2.02. The maximum atomic E-state index is 12.3. The molecule has 3 N–H and O–H groups in total. The first kappa shape index (κ1) is 14.5. The summed E-state index contributed by atoms with van der Waals surface area (Å²) in [4.78, 5) is 0.363. The third-order valence-electron chi connectivity index (χ3n) is 3.71. The monoisotopic (exact) mass is 282 g/mol. The van der Waals surface area contributed by atoms with Crippen molar-refractivity contribution in [2.75, 3.05) is 0 Å². The molecule has 0 aliphatic heterocycles. The van der Waals surface area contributed by atoms with E-state index in [0.29, 0.717) is 4.90 Å². The molecule has 1 fully saturated rings. The van der Waals surface area contributed by atoms with Crippen LogP contribution in [0.1, 0.15) is 38.2 Å². The minimum atomic E-state index is -3.40. The quantitative estimate of drug-likeness (QED) is 0.884. The maximum absolute atomic E-state index is 12.3. The molecule has 0 aromatic heterocycles. The van der Waals surface area contributed by atoms with Crippen molar-refractivity contribution < 1.29 is 8.42 Å². The molecule has 0 spiro atoms. The van der Waals surface area contributed by atoms with Crippen molar-refractivity contribution >= 4 is 10.0 Å². The van der Waals surface area contributed by atoms with Gasteiger partial charge in [0.25, 0.3) is 0 Å². The molecule has 106 valence electrons. The Labute approximate surface area is 115 Å². The van der Waals surface area contributed by atoms with Gasteiger partial charge in [0.2, 0.25) is 10.0 Å². The van der Waals surface area contributed by atoms with Crippen LogP contribution in [0.5, 0.6) is 0 Å². The SMILES string of the molecule is CCc1cccc(S(=O)(=O)NC2CCC(N)CC2)c1. The highest BCUT2D eigenvalue weighted by Gasteiger charge is 2.24. The van der Waals surface area contributed by atoms with E-state index in [1.54, 1.807) is 18.2 Å². The van der Waals surface area contributed by atoms with Crippen LogP contribution in [-0.4, -0.2) is 20.5 Å². The molecule has 0 heterocycles. The number of nitrogens with two attached hydrogens (primary N) is 1. The second kappa shape index (κ2) is 6.03. The van der Waals surface area contributed by atoms with Crippen LogP contribution in [0.25, 0.3) is 0 Å². The van der Waals surface area contributed by atoms with E-state index in [1.165, 1.54) is 0 Å². The largest absolute Gasteiger partial charge is 0.328 e. The smallest absolute Gasteiger partial charge is 0.240 e. The minimum absolute atomic E-state index is 0.0232. The van der Waals surface area contributed by atoms with Crippen LogP contribution in [0.15, 0.2) is 29.2 Å². The number of benzene rings is 1. The highest BCUT2D eigenvalue weighted by molar-refractivity contribution is 7.89. The summed E-state index contributed by atoms with van der Waals surface area (Å²) < 4.78 is 27.4. The average Bonchev–Trinajstić information content (AvgIpc) is 2.41. The minimum Gasteiger partial charge on any atom is -0.328 e. The van der Waals surface area contributed by atoms with Crippen LogP contribution in [0.4, 0.5) is 0 Å². The third kappa shape index (κ3) is 3.78. The van der Waals surface area contributed by atoms with Crippen molar-refractivity contribution in [1.29, 1.82) is 0 Å². The van der Waals surface area contributed by atoms with Gasteiger partial charge in [-0.3, -0.25) is 0 Å². The fourth-order valence-electron chi connectivity index (χ4n) is 2.46. The Morgan fingerprint density at radius 2 is 1.95 bits per heavy atom. The van der Waals surface area contributed by atoms with Gasteiger partial charge in [-0.2, -0.15) is 0 Å². The topological polar surface area (TPSA) is 72.2 Å². The first-order valence-electron chi connectivity index (χ1n) is 6.88. The Kier molecular flexibility index (Phi) is 4.60. The lowest BCUT2D eigenvalue weighted by Gasteiger charge is -2.26. The van der Waals surface area contributed by atoms with Gasteiger partial charge in [-0.25, -0.2) is 13.1 Å². The summed E-state index contributed by atoms with van der Waals surface area (Å²) in [5.74, 6) is 0. The van der Waals surface area contributed by atoms with Gasteiger partial charge >= 0.3 is 0 Å². The van der Waals surface area contributed by atoms with Crippen molar-refractivity contribution in [3.8, 4) is 0 Å². The first-order valence-corrected chi connectivity index (χ1v) is 8.36. The van der Waals surface area contributed by atoms with Crippen LogP contribution < -0.4 is 10.5 Å². The number of sulfonamides is 1. The lowest BCUT2D eigenvalue weighted by atomic mass is 9.93. The Morgan fingerprint density at radius 1 is 1.26 bits per heavy atom. The normalized spacial score (nSPS) is 24.3. The standard InChI is InChI=1S/C14H22N2O2S/c1-2-11-4-3-5-14(10-11)19(17,18)16-13-8-6-12(15)7-9-13/h3-5,10,12-13,16H,2,6-9,15H2,1H3. The van der Waals surface area contributed by atoms with Crippen molar-refractivity contribution in [2.24, 2.45) is 5.73 Å². The summed E-state index contributed by atoms with van der Waals surface area (Å²) in [6.07, 6.45) is 4.27. The van der Waals surface area contributed by atoms with E-state index in [4.69, 9.17) is 5.73 Å². The van der Waals surface area contributed by atoms with E-state index in [9.17, 15) is 8.42 Å². The Morgan fingerprint density at radius 3 is 2.58 bits per heavy atom. The fourth-order valence-corrected chi connectivity index (χ4v) is 3.83. The lowest BCUT2D eigenvalue weighted by molar-refractivity contribution is 0.373. The molecule has 1 saturated carbocycles. The molecule has 5 heteroatoms. The van der Waals surface area contributed by atoms with Gasteiger partial charge in [0.1, 0.15) is 0 Å². The molecule has 1 aromatic rings. The number of rotatable bonds is 4. The fraction of sp³-hybridized carbons (Fsp3) is 0.571. The van der Waals surface area contributed by atoms with E-state index in [2.05, 4.69) is 4.72 Å². The molecule has 4 nitrogen and oxygen atoms in total. The predicted octanol–water partition coefficient (Wildman–Crippen LogP) is 1.80. The second-order valence-corrected chi connectivity index (χ2v) is 6.95. The highest BCUT2D eigenvalue weighted by Crippen LogP contribution is 2.20. The van der Waals surface area contributed by atoms with Gasteiger partial charge in [0.05, 0.1) is 4.90 Å². The number of nitrogens with one attached hydrogen (secondary N) is 1. The number of hydrogen-bond donors (Lipinski definition) is 2. The lowest BCUT2D eigenvalue weighted by Crippen LogP contribution is -2.40. The van der Waals surface area contributed by atoms with Gasteiger partial charge in [0, 0.05) is 12.1 Å². The van der Waals surface area contributed by atoms with E-state index < -0.39 is 10.0 Å². The molecule has 1 aliphatic carbocycles. The zero-order valence-electron chi connectivity index (χ0n) is 11.3. The van der Waals surface area contributed by atoms with Crippen LogP contribution in [0.2, 0.25) is 0 Å². The second-order valence-electron chi connectivity index (χ2n) is 5.23. The van der Waals surface area contributed by atoms with Gasteiger partial charge in [0.15, 0.2) is 0 Å². The number of aryl methyl sites for hydroxylation is 1. The molecule has 1 aromatic carbocycles. The van der Waals surface area contributed by atoms with E-state index in [0.717, 1.165) is 37.7 Å². The summed E-state index contributed by atoms with van der Waals surface area (Å²) in [7, 11) is -3.40. The van der Waals surface area contributed by atoms with Gasteiger partial charge in [-0.15, -0.1) is 0 Å². The maximum Gasteiger partial charge on any atom is 0.240 e.